The maximum atomic E-state index is 12.3. The van der Waals surface area contributed by atoms with Crippen molar-refractivity contribution in [3.63, 3.8) is 0 Å². The first-order valence-electron chi connectivity index (χ1n) is 8.18. The quantitative estimate of drug-likeness (QED) is 0.628. The second-order valence-corrected chi connectivity index (χ2v) is 8.80. The topological polar surface area (TPSA) is 94.5 Å². The number of H-pyrrole nitrogens is 1. The molecule has 3 aromatic rings. The average Bonchev–Trinajstić information content (AvgIpc) is 3.38. The van der Waals surface area contributed by atoms with E-state index in [1.54, 1.807) is 11.3 Å². The summed E-state index contributed by atoms with van der Waals surface area (Å²) in [6.45, 7) is 0. The van der Waals surface area contributed by atoms with E-state index in [9.17, 15) is 10.1 Å². The summed E-state index contributed by atoms with van der Waals surface area (Å²) in [4.78, 5) is 19.0. The second-order valence-electron chi connectivity index (χ2n) is 5.81. The van der Waals surface area contributed by atoms with Crippen LogP contribution in [0.5, 0.6) is 0 Å². The number of aryl methyl sites for hydroxylation is 1. The fraction of sp³-hybridized carbons (Fsp3) is 0.294. The van der Waals surface area contributed by atoms with Crippen molar-refractivity contribution in [2.75, 3.05) is 11.1 Å². The summed E-state index contributed by atoms with van der Waals surface area (Å²) in [5.41, 5.74) is 1.77. The number of amides is 1. The van der Waals surface area contributed by atoms with Gasteiger partial charge in [0.2, 0.25) is 11.1 Å². The zero-order chi connectivity index (χ0) is 17.9. The molecule has 0 atom stereocenters. The smallest absolute Gasteiger partial charge is 0.235 e. The fourth-order valence-corrected chi connectivity index (χ4v) is 5.42. The molecule has 4 rings (SSSR count). The van der Waals surface area contributed by atoms with Gasteiger partial charge in [-0.3, -0.25) is 9.89 Å². The van der Waals surface area contributed by atoms with Crippen LogP contribution in [0.1, 0.15) is 28.8 Å². The zero-order valence-corrected chi connectivity index (χ0v) is 16.2. The monoisotopic (exact) mass is 401 g/mol. The van der Waals surface area contributed by atoms with Gasteiger partial charge >= 0.3 is 0 Å². The largest absolute Gasteiger partial charge is 0.316 e. The Morgan fingerprint density at radius 3 is 3.12 bits per heavy atom. The normalized spacial score (nSPS) is 13.2. The van der Waals surface area contributed by atoms with E-state index in [0.29, 0.717) is 21.5 Å². The average molecular weight is 402 g/mol. The molecule has 26 heavy (non-hydrogen) atoms. The first kappa shape index (κ1) is 17.3. The first-order valence-corrected chi connectivity index (χ1v) is 10.9. The number of aromatic amines is 1. The molecule has 1 amide bonds. The Balaban J connectivity index is 1.39. The van der Waals surface area contributed by atoms with Gasteiger partial charge in [0.05, 0.1) is 16.2 Å². The minimum Gasteiger partial charge on any atom is -0.316 e. The van der Waals surface area contributed by atoms with Crippen LogP contribution in [-0.2, 0) is 17.6 Å². The molecule has 2 N–H and O–H groups in total. The van der Waals surface area contributed by atoms with Crippen LogP contribution in [0.25, 0.3) is 10.7 Å². The molecule has 0 bridgehead atoms. The number of aromatic nitrogens is 3. The number of anilines is 1. The molecule has 0 radical (unpaired) electrons. The molecule has 0 saturated heterocycles. The summed E-state index contributed by atoms with van der Waals surface area (Å²) in [6, 6.07) is 6.18. The van der Waals surface area contributed by atoms with Crippen molar-refractivity contribution in [3.8, 4) is 16.8 Å². The first-order chi connectivity index (χ1) is 12.7. The number of hydrogen-bond donors (Lipinski definition) is 2. The van der Waals surface area contributed by atoms with Crippen LogP contribution in [-0.4, -0.2) is 26.8 Å². The van der Waals surface area contributed by atoms with Crippen LogP contribution < -0.4 is 5.32 Å². The molecule has 1 aliphatic rings. The lowest BCUT2D eigenvalue weighted by atomic mass is 9.96. The van der Waals surface area contributed by atoms with Crippen molar-refractivity contribution in [2.24, 2.45) is 0 Å². The molecule has 132 valence electrons. The Labute approximate surface area is 162 Å². The Hall–Kier alpha value is -2.15. The lowest BCUT2D eigenvalue weighted by molar-refractivity contribution is -0.113. The lowest BCUT2D eigenvalue weighted by Crippen LogP contribution is -2.14. The van der Waals surface area contributed by atoms with Gasteiger partial charge in [0.25, 0.3) is 0 Å². The Morgan fingerprint density at radius 2 is 2.31 bits per heavy atom. The molecule has 0 spiro atoms. The number of nitriles is 1. The van der Waals surface area contributed by atoms with E-state index in [1.165, 1.54) is 28.0 Å². The van der Waals surface area contributed by atoms with Gasteiger partial charge in [-0.15, -0.1) is 27.8 Å². The number of nitrogens with one attached hydrogen (secondary N) is 2. The number of carbonyl (C=O) groups excluding carboxylic acids is 1. The van der Waals surface area contributed by atoms with Crippen LogP contribution >= 0.6 is 34.4 Å². The Bertz CT molecular complexity index is 967. The summed E-state index contributed by atoms with van der Waals surface area (Å²) in [7, 11) is 0. The molecule has 0 fully saturated rings. The molecular weight excluding hydrogens is 386 g/mol. The van der Waals surface area contributed by atoms with Crippen LogP contribution in [0.3, 0.4) is 0 Å². The Morgan fingerprint density at radius 1 is 1.42 bits per heavy atom. The highest BCUT2D eigenvalue weighted by Gasteiger charge is 2.22. The van der Waals surface area contributed by atoms with Crippen molar-refractivity contribution >= 4 is 45.3 Å². The van der Waals surface area contributed by atoms with Gasteiger partial charge < -0.3 is 5.32 Å². The highest BCUT2D eigenvalue weighted by Crippen LogP contribution is 2.37. The van der Waals surface area contributed by atoms with Gasteiger partial charge in [-0.2, -0.15) is 5.26 Å². The number of hydrogen-bond acceptors (Lipinski definition) is 7. The number of rotatable bonds is 5. The molecule has 0 aromatic carbocycles. The van der Waals surface area contributed by atoms with Crippen molar-refractivity contribution < 1.29 is 4.79 Å². The molecule has 1 aliphatic carbocycles. The van der Waals surface area contributed by atoms with Crippen molar-refractivity contribution in [2.45, 2.75) is 30.8 Å². The fourth-order valence-electron chi connectivity index (χ4n) is 2.90. The van der Waals surface area contributed by atoms with Gasteiger partial charge in [-0.25, -0.2) is 4.98 Å². The van der Waals surface area contributed by atoms with E-state index in [0.717, 1.165) is 36.1 Å². The van der Waals surface area contributed by atoms with Crippen molar-refractivity contribution in [3.05, 3.63) is 33.5 Å². The lowest BCUT2D eigenvalue weighted by Gasteiger charge is -2.09. The molecule has 6 nitrogen and oxygen atoms in total. The predicted octanol–water partition coefficient (Wildman–Crippen LogP) is 4.08. The molecule has 3 heterocycles. The standard InChI is InChI=1S/C17H15N5OS3/c18-8-11-10-4-1-2-5-12(10)26-16(11)19-14(23)9-25-17-20-15(21-22-17)13-6-3-7-24-13/h3,6-7H,1-2,4-5,9H2,(H,19,23)(H,20,21,22). The van der Waals surface area contributed by atoms with Crippen LogP contribution in [0, 0.1) is 11.3 Å². The predicted molar refractivity (Wildman–Crippen MR) is 105 cm³/mol. The molecular formula is C17H15N5OS3. The summed E-state index contributed by atoms with van der Waals surface area (Å²) < 4.78 is 0. The van der Waals surface area contributed by atoms with Crippen LogP contribution in [0.2, 0.25) is 0 Å². The zero-order valence-electron chi connectivity index (χ0n) is 13.7. The molecule has 0 aliphatic heterocycles. The minimum atomic E-state index is -0.146. The molecule has 0 saturated carbocycles. The summed E-state index contributed by atoms with van der Waals surface area (Å²) >= 11 is 4.40. The molecule has 9 heteroatoms. The second kappa shape index (κ2) is 7.61. The number of fused-ring (bicyclic) bond motifs is 1. The van der Waals surface area contributed by atoms with E-state index in [4.69, 9.17) is 0 Å². The van der Waals surface area contributed by atoms with Gasteiger partial charge in [-0.1, -0.05) is 17.8 Å². The third-order valence-corrected chi connectivity index (χ3v) is 7.02. The maximum absolute atomic E-state index is 12.3. The minimum absolute atomic E-state index is 0.146. The van der Waals surface area contributed by atoms with Gasteiger partial charge in [0.1, 0.15) is 11.1 Å². The maximum Gasteiger partial charge on any atom is 0.235 e. The molecule has 0 unspecified atom stereocenters. The van der Waals surface area contributed by atoms with Gasteiger partial charge in [0.15, 0.2) is 5.82 Å². The number of thioether (sulfide) groups is 1. The number of carbonyl (C=O) groups is 1. The third-order valence-electron chi connectivity index (χ3n) is 4.09. The third kappa shape index (κ3) is 3.53. The Kier molecular flexibility index (Phi) is 5.06. The molecule has 3 aromatic heterocycles. The van der Waals surface area contributed by atoms with E-state index in [2.05, 4.69) is 26.6 Å². The summed E-state index contributed by atoms with van der Waals surface area (Å²) in [5.74, 6) is 0.767. The SMILES string of the molecule is N#Cc1c(NC(=O)CSc2n[nH]c(-c3cccs3)n2)sc2c1CCCC2. The van der Waals surface area contributed by atoms with E-state index >= 15 is 0 Å². The number of nitrogens with zero attached hydrogens (tertiary/aromatic N) is 3. The van der Waals surface area contributed by atoms with Crippen LogP contribution in [0.4, 0.5) is 5.00 Å². The van der Waals surface area contributed by atoms with Crippen molar-refractivity contribution in [1.29, 1.82) is 5.26 Å². The van der Waals surface area contributed by atoms with Crippen LogP contribution in [0.15, 0.2) is 22.7 Å². The van der Waals surface area contributed by atoms with E-state index < -0.39 is 0 Å². The van der Waals surface area contributed by atoms with Gasteiger partial charge in [-0.05, 0) is 42.7 Å². The summed E-state index contributed by atoms with van der Waals surface area (Å²) in [5, 5.41) is 22.6. The van der Waals surface area contributed by atoms with Gasteiger partial charge in [0, 0.05) is 4.88 Å². The van der Waals surface area contributed by atoms with E-state index in [-0.39, 0.29) is 11.7 Å². The highest BCUT2D eigenvalue weighted by atomic mass is 32.2. The number of thiophene rings is 2. The van der Waals surface area contributed by atoms with Crippen molar-refractivity contribution in [1.82, 2.24) is 15.2 Å². The summed E-state index contributed by atoms with van der Waals surface area (Å²) in [6.07, 6.45) is 4.20. The van der Waals surface area contributed by atoms with E-state index in [1.807, 2.05) is 17.5 Å². The highest BCUT2D eigenvalue weighted by molar-refractivity contribution is 7.99.